The molecular formula is C21H26N2O2. The van der Waals surface area contributed by atoms with Crippen molar-refractivity contribution in [2.24, 2.45) is 11.8 Å². The number of nitrogens with zero attached hydrogens (tertiary/aromatic N) is 2. The van der Waals surface area contributed by atoms with E-state index < -0.39 is 0 Å². The van der Waals surface area contributed by atoms with Crippen LogP contribution in [-0.2, 0) is 9.59 Å². The molecule has 4 heteroatoms. The molecule has 0 N–H and O–H groups in total. The van der Waals surface area contributed by atoms with Gasteiger partial charge in [0, 0.05) is 37.7 Å². The molecule has 2 bridgehead atoms. The van der Waals surface area contributed by atoms with E-state index in [1.54, 1.807) is 6.08 Å². The number of rotatable bonds is 3. The predicted octanol–water partition coefficient (Wildman–Crippen LogP) is 2.95. The number of carbonyl (C=O) groups excluding carboxylic acids is 2. The fourth-order valence-electron chi connectivity index (χ4n) is 4.27. The molecule has 1 aromatic carbocycles. The number of hydrogen-bond acceptors (Lipinski definition) is 2. The van der Waals surface area contributed by atoms with Gasteiger partial charge in [-0.1, -0.05) is 36.8 Å². The fraction of sp³-hybridized carbons (Fsp3) is 0.524. The molecule has 1 saturated carbocycles. The average molecular weight is 338 g/mol. The third-order valence-electron chi connectivity index (χ3n) is 5.98. The van der Waals surface area contributed by atoms with E-state index >= 15 is 0 Å². The molecule has 132 valence electrons. The molecule has 3 aliphatic heterocycles. The molecule has 25 heavy (non-hydrogen) atoms. The minimum Gasteiger partial charge on any atom is -0.340 e. The van der Waals surface area contributed by atoms with E-state index in [1.807, 2.05) is 41.3 Å². The number of benzene rings is 1. The predicted molar refractivity (Wildman–Crippen MR) is 97.6 cm³/mol. The first kappa shape index (κ1) is 16.4. The quantitative estimate of drug-likeness (QED) is 0.795. The highest BCUT2D eigenvalue weighted by Crippen LogP contribution is 2.33. The van der Waals surface area contributed by atoms with Crippen molar-refractivity contribution in [2.75, 3.05) is 19.6 Å². The summed E-state index contributed by atoms with van der Waals surface area (Å²) in [5, 5.41) is 0. The van der Waals surface area contributed by atoms with Crippen LogP contribution in [0, 0.1) is 11.8 Å². The molecule has 2 amide bonds. The minimum atomic E-state index is 0.0801. The Morgan fingerprint density at radius 2 is 1.76 bits per heavy atom. The number of carbonyl (C=O) groups is 2. The van der Waals surface area contributed by atoms with Crippen molar-refractivity contribution in [3.05, 3.63) is 42.0 Å². The number of fused-ring (bicyclic) bond motifs is 4. The zero-order chi connectivity index (χ0) is 17.2. The molecular weight excluding hydrogens is 312 g/mol. The zero-order valence-corrected chi connectivity index (χ0v) is 14.6. The lowest BCUT2D eigenvalue weighted by Crippen LogP contribution is -2.47. The van der Waals surface area contributed by atoms with Crippen LogP contribution in [0.1, 0.15) is 37.7 Å². The lowest BCUT2D eigenvalue weighted by Gasteiger charge is -2.35. The van der Waals surface area contributed by atoms with Crippen molar-refractivity contribution in [3.63, 3.8) is 0 Å². The molecule has 4 fully saturated rings. The van der Waals surface area contributed by atoms with Crippen LogP contribution in [0.5, 0.6) is 0 Å². The topological polar surface area (TPSA) is 40.6 Å². The van der Waals surface area contributed by atoms with Crippen LogP contribution in [0.2, 0.25) is 0 Å². The van der Waals surface area contributed by atoms with Gasteiger partial charge < -0.3 is 9.80 Å². The zero-order valence-electron chi connectivity index (χ0n) is 14.6. The van der Waals surface area contributed by atoms with Crippen LogP contribution in [0.25, 0.3) is 6.08 Å². The highest BCUT2D eigenvalue weighted by Gasteiger charge is 2.40. The molecule has 4 nitrogen and oxygen atoms in total. The van der Waals surface area contributed by atoms with E-state index in [0.29, 0.717) is 11.8 Å². The van der Waals surface area contributed by atoms with Gasteiger partial charge in [-0.3, -0.25) is 9.59 Å². The Balaban J connectivity index is 1.44. The van der Waals surface area contributed by atoms with E-state index in [9.17, 15) is 9.59 Å². The van der Waals surface area contributed by atoms with E-state index in [2.05, 4.69) is 4.90 Å². The molecule has 3 heterocycles. The molecule has 5 rings (SSSR count). The van der Waals surface area contributed by atoms with Crippen molar-refractivity contribution in [3.8, 4) is 0 Å². The van der Waals surface area contributed by atoms with E-state index in [0.717, 1.165) is 50.9 Å². The van der Waals surface area contributed by atoms with Crippen molar-refractivity contribution in [1.82, 2.24) is 9.80 Å². The molecule has 2 unspecified atom stereocenters. The summed E-state index contributed by atoms with van der Waals surface area (Å²) in [6.45, 7) is 2.34. The molecule has 2 atom stereocenters. The van der Waals surface area contributed by atoms with Gasteiger partial charge in [0.1, 0.15) is 0 Å². The maximum absolute atomic E-state index is 12.7. The van der Waals surface area contributed by atoms with Gasteiger partial charge >= 0.3 is 0 Å². The van der Waals surface area contributed by atoms with Crippen LogP contribution in [0.3, 0.4) is 0 Å². The van der Waals surface area contributed by atoms with Crippen LogP contribution in [-0.4, -0.2) is 47.3 Å². The van der Waals surface area contributed by atoms with Gasteiger partial charge in [0.2, 0.25) is 11.8 Å². The van der Waals surface area contributed by atoms with E-state index in [1.165, 1.54) is 6.42 Å². The molecule has 1 aliphatic carbocycles. The Morgan fingerprint density at radius 1 is 0.960 bits per heavy atom. The summed E-state index contributed by atoms with van der Waals surface area (Å²) in [4.78, 5) is 29.4. The molecule has 1 aromatic rings. The van der Waals surface area contributed by atoms with Crippen LogP contribution in [0.4, 0.5) is 0 Å². The van der Waals surface area contributed by atoms with Crippen LogP contribution < -0.4 is 0 Å². The highest BCUT2D eigenvalue weighted by molar-refractivity contribution is 5.92. The van der Waals surface area contributed by atoms with Gasteiger partial charge in [0.05, 0.1) is 0 Å². The van der Waals surface area contributed by atoms with E-state index in [-0.39, 0.29) is 17.9 Å². The molecule has 0 radical (unpaired) electrons. The lowest BCUT2D eigenvalue weighted by atomic mass is 9.84. The summed E-state index contributed by atoms with van der Waals surface area (Å²) in [5.41, 5.74) is 1.04. The molecule has 4 aliphatic rings. The lowest BCUT2D eigenvalue weighted by molar-refractivity contribution is -0.139. The maximum Gasteiger partial charge on any atom is 0.246 e. The number of hydrogen-bond donors (Lipinski definition) is 0. The second-order valence-electron chi connectivity index (χ2n) is 7.70. The van der Waals surface area contributed by atoms with Gasteiger partial charge in [-0.05, 0) is 43.2 Å². The normalized spacial score (nSPS) is 26.6. The largest absolute Gasteiger partial charge is 0.340 e. The summed E-state index contributed by atoms with van der Waals surface area (Å²) in [5.74, 6) is 1.09. The van der Waals surface area contributed by atoms with Crippen molar-refractivity contribution in [1.29, 1.82) is 0 Å². The highest BCUT2D eigenvalue weighted by atomic mass is 16.2. The average Bonchev–Trinajstić information content (AvgIpc) is 2.91. The number of amides is 2. The minimum absolute atomic E-state index is 0.0801. The first-order valence-electron chi connectivity index (χ1n) is 9.53. The monoisotopic (exact) mass is 338 g/mol. The third-order valence-corrected chi connectivity index (χ3v) is 5.98. The second-order valence-corrected chi connectivity index (χ2v) is 7.70. The number of piperidine rings is 1. The van der Waals surface area contributed by atoms with Crippen molar-refractivity contribution >= 4 is 17.9 Å². The van der Waals surface area contributed by atoms with Gasteiger partial charge in [0.15, 0.2) is 0 Å². The molecule has 0 aromatic heterocycles. The summed E-state index contributed by atoms with van der Waals surface area (Å²) in [6, 6.07) is 10.1. The van der Waals surface area contributed by atoms with Crippen LogP contribution in [0.15, 0.2) is 36.4 Å². The Morgan fingerprint density at radius 3 is 2.48 bits per heavy atom. The Hall–Kier alpha value is -2.10. The molecule has 0 spiro atoms. The van der Waals surface area contributed by atoms with Crippen molar-refractivity contribution < 1.29 is 9.59 Å². The Bertz CT molecular complexity index is 666. The van der Waals surface area contributed by atoms with Crippen molar-refractivity contribution in [2.45, 2.75) is 38.1 Å². The second kappa shape index (κ2) is 7.03. The Labute approximate surface area is 149 Å². The first-order chi connectivity index (χ1) is 12.2. The first-order valence-corrected chi connectivity index (χ1v) is 9.53. The summed E-state index contributed by atoms with van der Waals surface area (Å²) < 4.78 is 0. The van der Waals surface area contributed by atoms with Crippen LogP contribution >= 0.6 is 0 Å². The SMILES string of the molecule is O=C(C1CCC1)N1CC2CCC(C1)N(C(=O)C=Cc1ccccc1)C2. The van der Waals surface area contributed by atoms with Gasteiger partial charge in [0.25, 0.3) is 0 Å². The third kappa shape index (κ3) is 3.48. The van der Waals surface area contributed by atoms with Gasteiger partial charge in [-0.15, -0.1) is 0 Å². The van der Waals surface area contributed by atoms with Gasteiger partial charge in [-0.2, -0.15) is 0 Å². The Kier molecular flexibility index (Phi) is 4.60. The summed E-state index contributed by atoms with van der Waals surface area (Å²) in [7, 11) is 0. The smallest absolute Gasteiger partial charge is 0.246 e. The molecule has 3 saturated heterocycles. The van der Waals surface area contributed by atoms with E-state index in [4.69, 9.17) is 0 Å². The maximum atomic E-state index is 12.7. The summed E-state index contributed by atoms with van der Waals surface area (Å²) in [6.07, 6.45) is 9.01. The fourth-order valence-corrected chi connectivity index (χ4v) is 4.27. The standard InChI is InChI=1S/C21H26N2O2/c24-20(12-10-16-5-2-1-3-6-16)23-14-17-9-11-19(23)15-22(13-17)21(25)18-7-4-8-18/h1-3,5-6,10,12,17-19H,4,7-9,11,13-15H2. The summed E-state index contributed by atoms with van der Waals surface area (Å²) >= 11 is 0. The van der Waals surface area contributed by atoms with Gasteiger partial charge in [-0.25, -0.2) is 0 Å².